The van der Waals surface area contributed by atoms with Crippen LogP contribution in [0.25, 0.3) is 10.9 Å². The molecule has 1 amide bonds. The zero-order valence-electron chi connectivity index (χ0n) is 17.8. The Balaban J connectivity index is 1.45. The monoisotopic (exact) mass is 398 g/mol. The molecule has 0 saturated carbocycles. The molecule has 1 fully saturated rings. The van der Waals surface area contributed by atoms with Crippen molar-refractivity contribution in [2.45, 2.75) is 38.6 Å². The second-order valence-electron chi connectivity index (χ2n) is 7.62. The van der Waals surface area contributed by atoms with Gasteiger partial charge in [-0.2, -0.15) is 0 Å². The maximum absolute atomic E-state index is 11.5. The number of para-hydroxylation sites is 1. The van der Waals surface area contributed by atoms with Crippen LogP contribution in [0.3, 0.4) is 0 Å². The smallest absolute Gasteiger partial charge is 0.233 e. The van der Waals surface area contributed by atoms with Crippen LogP contribution in [0.15, 0.2) is 29.4 Å². The van der Waals surface area contributed by atoms with E-state index in [2.05, 4.69) is 62.1 Å². The van der Waals surface area contributed by atoms with E-state index < -0.39 is 0 Å². The third-order valence-electron chi connectivity index (χ3n) is 5.75. The van der Waals surface area contributed by atoms with E-state index in [9.17, 15) is 4.79 Å². The predicted octanol–water partition coefficient (Wildman–Crippen LogP) is 1.65. The van der Waals surface area contributed by atoms with Crippen molar-refractivity contribution in [3.63, 3.8) is 0 Å². The van der Waals surface area contributed by atoms with Crippen molar-refractivity contribution in [1.29, 1.82) is 0 Å². The summed E-state index contributed by atoms with van der Waals surface area (Å²) in [6, 6.07) is 6.91. The largest absolute Gasteiger partial charge is 0.361 e. The zero-order chi connectivity index (χ0) is 20.6. The average Bonchev–Trinajstić information content (AvgIpc) is 3.17. The number of nitrogens with one attached hydrogen (secondary N) is 4. The van der Waals surface area contributed by atoms with Crippen LogP contribution < -0.4 is 16.0 Å². The topological polar surface area (TPSA) is 84.6 Å². The molecule has 0 radical (unpaired) electrons. The van der Waals surface area contributed by atoms with Crippen LogP contribution in [-0.2, 0) is 17.6 Å². The van der Waals surface area contributed by atoms with Crippen LogP contribution in [0, 0.1) is 0 Å². The molecule has 158 valence electrons. The molecule has 2 heterocycles. The highest BCUT2D eigenvalue weighted by molar-refractivity contribution is 5.86. The molecule has 1 aliphatic rings. The molecule has 0 spiro atoms. The molecule has 3 rings (SSSR count). The summed E-state index contributed by atoms with van der Waals surface area (Å²) in [4.78, 5) is 21.5. The minimum atomic E-state index is 0.0808. The van der Waals surface area contributed by atoms with Gasteiger partial charge in [-0.3, -0.25) is 14.7 Å². The molecule has 0 unspecified atom stereocenters. The summed E-state index contributed by atoms with van der Waals surface area (Å²) in [7, 11) is 3.50. The fourth-order valence-corrected chi connectivity index (χ4v) is 4.00. The van der Waals surface area contributed by atoms with Crippen molar-refractivity contribution in [2.75, 3.05) is 40.3 Å². The predicted molar refractivity (Wildman–Crippen MR) is 119 cm³/mol. The molecule has 1 aliphatic heterocycles. The fraction of sp³-hybridized carbons (Fsp3) is 0.545. The maximum Gasteiger partial charge on any atom is 0.233 e. The van der Waals surface area contributed by atoms with Crippen LogP contribution in [0.1, 0.15) is 30.9 Å². The van der Waals surface area contributed by atoms with Crippen molar-refractivity contribution in [2.24, 2.45) is 4.99 Å². The number of hydrogen-bond donors (Lipinski definition) is 4. The summed E-state index contributed by atoms with van der Waals surface area (Å²) in [5, 5.41) is 11.0. The van der Waals surface area contributed by atoms with E-state index in [0.717, 1.165) is 51.3 Å². The van der Waals surface area contributed by atoms with E-state index in [1.807, 2.05) is 7.05 Å². The number of piperidine rings is 1. The van der Waals surface area contributed by atoms with Crippen LogP contribution in [0.5, 0.6) is 0 Å². The first-order chi connectivity index (χ1) is 14.1. The molecule has 4 N–H and O–H groups in total. The zero-order valence-corrected chi connectivity index (χ0v) is 17.8. The molecule has 7 nitrogen and oxygen atoms in total. The number of likely N-dealkylation sites (tertiary alicyclic amines) is 1. The SMILES string of the molecule is CCc1cccc2c(CCNC(=NC)NC3CCN(CC(=O)NC)CC3)c[nH]c12. The Labute approximate surface area is 173 Å². The van der Waals surface area contributed by atoms with E-state index >= 15 is 0 Å². The number of aliphatic imine (C=N–C) groups is 1. The number of carbonyl (C=O) groups excluding carboxylic acids is 1. The molecule has 2 aromatic rings. The van der Waals surface area contributed by atoms with Crippen molar-refractivity contribution in [3.8, 4) is 0 Å². The Bertz CT molecular complexity index is 835. The number of H-pyrrole nitrogens is 1. The number of amides is 1. The first-order valence-corrected chi connectivity index (χ1v) is 10.6. The Kier molecular flexibility index (Phi) is 7.52. The lowest BCUT2D eigenvalue weighted by Crippen LogP contribution is -2.50. The van der Waals surface area contributed by atoms with Crippen molar-refractivity contribution < 1.29 is 4.79 Å². The first-order valence-electron chi connectivity index (χ1n) is 10.6. The van der Waals surface area contributed by atoms with Gasteiger partial charge in [0.15, 0.2) is 5.96 Å². The van der Waals surface area contributed by atoms with Gasteiger partial charge in [0.1, 0.15) is 0 Å². The minimum Gasteiger partial charge on any atom is -0.361 e. The van der Waals surface area contributed by atoms with Gasteiger partial charge in [0, 0.05) is 56.9 Å². The van der Waals surface area contributed by atoms with Gasteiger partial charge >= 0.3 is 0 Å². The summed E-state index contributed by atoms with van der Waals surface area (Å²) in [5.41, 5.74) is 3.96. The number of hydrogen-bond acceptors (Lipinski definition) is 3. The van der Waals surface area contributed by atoms with E-state index in [-0.39, 0.29) is 5.91 Å². The van der Waals surface area contributed by atoms with Gasteiger partial charge in [-0.1, -0.05) is 25.1 Å². The van der Waals surface area contributed by atoms with Crippen molar-refractivity contribution in [1.82, 2.24) is 25.8 Å². The number of aromatic nitrogens is 1. The number of nitrogens with zero attached hydrogens (tertiary/aromatic N) is 2. The van der Waals surface area contributed by atoms with Gasteiger partial charge in [0.25, 0.3) is 0 Å². The fourth-order valence-electron chi connectivity index (χ4n) is 4.00. The summed E-state index contributed by atoms with van der Waals surface area (Å²) < 4.78 is 0. The number of rotatable bonds is 7. The number of fused-ring (bicyclic) bond motifs is 1. The summed E-state index contributed by atoms with van der Waals surface area (Å²) in [6.45, 7) is 5.36. The first kappa shape index (κ1) is 21.2. The van der Waals surface area contributed by atoms with E-state index in [1.165, 1.54) is 22.0 Å². The van der Waals surface area contributed by atoms with Crippen LogP contribution >= 0.6 is 0 Å². The normalized spacial score (nSPS) is 16.2. The molecule has 1 aromatic heterocycles. The Morgan fingerprint density at radius 3 is 2.76 bits per heavy atom. The molecular weight excluding hydrogens is 364 g/mol. The lowest BCUT2D eigenvalue weighted by Gasteiger charge is -2.32. The highest BCUT2D eigenvalue weighted by Crippen LogP contribution is 2.22. The molecule has 1 aromatic carbocycles. The van der Waals surface area contributed by atoms with Gasteiger partial charge in [0.2, 0.25) is 5.91 Å². The van der Waals surface area contributed by atoms with Crippen molar-refractivity contribution in [3.05, 3.63) is 35.5 Å². The molecule has 7 heteroatoms. The Hall–Kier alpha value is -2.54. The lowest BCUT2D eigenvalue weighted by atomic mass is 10.1. The molecule has 0 atom stereocenters. The maximum atomic E-state index is 11.5. The van der Waals surface area contributed by atoms with Crippen LogP contribution in [0.2, 0.25) is 0 Å². The summed E-state index contributed by atoms with van der Waals surface area (Å²) in [5.74, 6) is 0.932. The van der Waals surface area contributed by atoms with Gasteiger partial charge in [-0.15, -0.1) is 0 Å². The van der Waals surface area contributed by atoms with E-state index in [0.29, 0.717) is 12.6 Å². The average molecular weight is 399 g/mol. The summed E-state index contributed by atoms with van der Waals surface area (Å²) >= 11 is 0. The third-order valence-corrected chi connectivity index (χ3v) is 5.75. The quantitative estimate of drug-likeness (QED) is 0.422. The highest BCUT2D eigenvalue weighted by atomic mass is 16.1. The molecule has 0 bridgehead atoms. The number of benzene rings is 1. The van der Waals surface area contributed by atoms with E-state index in [1.54, 1.807) is 7.05 Å². The second-order valence-corrected chi connectivity index (χ2v) is 7.62. The number of carbonyl (C=O) groups is 1. The van der Waals surface area contributed by atoms with Gasteiger partial charge in [-0.05, 0) is 36.8 Å². The van der Waals surface area contributed by atoms with Crippen molar-refractivity contribution >= 4 is 22.8 Å². The number of likely N-dealkylation sites (N-methyl/N-ethyl adjacent to an activating group) is 1. The highest BCUT2D eigenvalue weighted by Gasteiger charge is 2.21. The van der Waals surface area contributed by atoms with E-state index in [4.69, 9.17) is 0 Å². The van der Waals surface area contributed by atoms with Gasteiger partial charge in [-0.25, -0.2) is 0 Å². The lowest BCUT2D eigenvalue weighted by molar-refractivity contribution is -0.122. The Morgan fingerprint density at radius 1 is 1.28 bits per heavy atom. The second kappa shape index (κ2) is 10.3. The van der Waals surface area contributed by atoms with Gasteiger partial charge < -0.3 is 20.9 Å². The van der Waals surface area contributed by atoms with Gasteiger partial charge in [0.05, 0.1) is 6.54 Å². The number of guanidine groups is 1. The minimum absolute atomic E-state index is 0.0808. The molecule has 1 saturated heterocycles. The van der Waals surface area contributed by atoms with Crippen LogP contribution in [-0.4, -0.2) is 68.1 Å². The molecule has 29 heavy (non-hydrogen) atoms. The standard InChI is InChI=1S/C22H34N6O/c1-4-16-6-5-7-19-17(14-26-21(16)19)8-11-25-22(24-3)27-18-9-12-28(13-10-18)15-20(29)23-2/h5-7,14,18,26H,4,8-13,15H2,1-3H3,(H,23,29)(H2,24,25,27). The number of aromatic amines is 1. The van der Waals surface area contributed by atoms with Crippen LogP contribution in [0.4, 0.5) is 0 Å². The third kappa shape index (κ3) is 5.50. The number of aryl methyl sites for hydroxylation is 1. The Morgan fingerprint density at radius 2 is 2.07 bits per heavy atom. The molecule has 0 aliphatic carbocycles. The summed E-state index contributed by atoms with van der Waals surface area (Å²) in [6.07, 6.45) is 6.14. The molecular formula is C22H34N6O.